The molecular formula is C32H35BrN2O3S. The number of carbonyl (C=O) groups is 1. The van der Waals surface area contributed by atoms with E-state index in [1.165, 1.54) is 12.8 Å². The molecule has 39 heavy (non-hydrogen) atoms. The maximum absolute atomic E-state index is 13.9. The molecular weight excluding hydrogens is 572 g/mol. The second-order valence-corrected chi connectivity index (χ2v) is 12.1. The van der Waals surface area contributed by atoms with E-state index in [1.807, 2.05) is 73.7 Å². The molecule has 5 nitrogen and oxygen atoms in total. The smallest absolute Gasteiger partial charge is 0.262 e. The molecule has 1 amide bonds. The van der Waals surface area contributed by atoms with Crippen LogP contribution in [0.1, 0.15) is 50.7 Å². The van der Waals surface area contributed by atoms with Crippen LogP contribution >= 0.6 is 27.7 Å². The highest BCUT2D eigenvalue weighted by Gasteiger charge is 2.42. The van der Waals surface area contributed by atoms with E-state index in [1.54, 1.807) is 11.8 Å². The van der Waals surface area contributed by atoms with E-state index in [0.29, 0.717) is 30.6 Å². The summed E-state index contributed by atoms with van der Waals surface area (Å²) in [5.41, 5.74) is 2.87. The molecule has 0 spiro atoms. The first-order valence-corrected chi connectivity index (χ1v) is 15.4. The number of amides is 1. The van der Waals surface area contributed by atoms with Crippen molar-refractivity contribution < 1.29 is 14.3 Å². The number of rotatable bonds is 9. The lowest BCUT2D eigenvalue weighted by Crippen LogP contribution is -2.48. The SMILES string of the molecule is CCOc1cc(/C=C2\SC(Nc3ccccc3)N([C@@H]3CCCC[C@H]3C)C2=O)ccc1OCc1ccc(Br)cc1. The van der Waals surface area contributed by atoms with E-state index in [9.17, 15) is 4.79 Å². The van der Waals surface area contributed by atoms with Crippen LogP contribution in [0.2, 0.25) is 0 Å². The van der Waals surface area contributed by atoms with E-state index >= 15 is 0 Å². The number of para-hydroxylation sites is 1. The number of benzene rings is 3. The predicted octanol–water partition coefficient (Wildman–Crippen LogP) is 8.32. The van der Waals surface area contributed by atoms with Gasteiger partial charge in [-0.05, 0) is 79.3 Å². The highest BCUT2D eigenvalue weighted by Crippen LogP contribution is 2.42. The van der Waals surface area contributed by atoms with Crippen LogP contribution in [0.5, 0.6) is 11.5 Å². The molecule has 3 aromatic carbocycles. The monoisotopic (exact) mass is 606 g/mol. The maximum atomic E-state index is 13.9. The molecule has 7 heteroatoms. The van der Waals surface area contributed by atoms with E-state index in [2.05, 4.69) is 45.2 Å². The van der Waals surface area contributed by atoms with Crippen molar-refractivity contribution in [3.05, 3.63) is 93.3 Å². The van der Waals surface area contributed by atoms with Crippen LogP contribution in [0.4, 0.5) is 5.69 Å². The Morgan fingerprint density at radius 3 is 2.51 bits per heavy atom. The van der Waals surface area contributed by atoms with Crippen LogP contribution in [0.3, 0.4) is 0 Å². The first-order valence-electron chi connectivity index (χ1n) is 13.7. The first-order chi connectivity index (χ1) is 19.0. The minimum absolute atomic E-state index is 0.0979. The zero-order valence-electron chi connectivity index (χ0n) is 22.4. The van der Waals surface area contributed by atoms with Gasteiger partial charge in [0.1, 0.15) is 6.61 Å². The molecule has 1 saturated carbocycles. The standard InChI is InChI=1S/C32H35BrN2O3S/c1-3-37-29-19-24(15-18-28(29)38-21-23-13-16-25(33)17-14-23)20-30-31(36)35(27-12-8-7-9-22(27)2)32(39-30)34-26-10-5-4-6-11-26/h4-6,10-11,13-20,22,27,32,34H,3,7-9,12,21H2,1-2H3/b30-20-/t22-,27-,32?/m1/s1. The topological polar surface area (TPSA) is 50.8 Å². The van der Waals surface area contributed by atoms with Gasteiger partial charge >= 0.3 is 0 Å². The lowest BCUT2D eigenvalue weighted by atomic mass is 9.85. The average Bonchev–Trinajstić information content (AvgIpc) is 3.24. The molecule has 1 saturated heterocycles. The van der Waals surface area contributed by atoms with Gasteiger partial charge in [-0.15, -0.1) is 0 Å². The Bertz CT molecular complexity index is 1300. The van der Waals surface area contributed by atoms with Gasteiger partial charge in [-0.1, -0.05) is 83.9 Å². The van der Waals surface area contributed by atoms with Gasteiger partial charge in [0.05, 0.1) is 11.5 Å². The zero-order chi connectivity index (χ0) is 27.2. The highest BCUT2D eigenvalue weighted by atomic mass is 79.9. The summed E-state index contributed by atoms with van der Waals surface area (Å²) in [5, 5.41) is 3.61. The third-order valence-corrected chi connectivity index (χ3v) is 8.94. The fourth-order valence-corrected chi connectivity index (χ4v) is 6.74. The number of hydrogen-bond donors (Lipinski definition) is 1. The Hall–Kier alpha value is -2.90. The van der Waals surface area contributed by atoms with Gasteiger partial charge in [-0.25, -0.2) is 0 Å². The fraction of sp³-hybridized carbons (Fsp3) is 0.344. The maximum Gasteiger partial charge on any atom is 0.262 e. The normalized spacial score (nSPS) is 22.2. The number of nitrogens with zero attached hydrogens (tertiary/aromatic N) is 1. The minimum Gasteiger partial charge on any atom is -0.490 e. The number of halogens is 1. The van der Waals surface area contributed by atoms with Crippen molar-refractivity contribution in [1.82, 2.24) is 4.90 Å². The first kappa shape index (κ1) is 27.7. The molecule has 0 aromatic heterocycles. The van der Waals surface area contributed by atoms with Crippen molar-refractivity contribution in [2.24, 2.45) is 5.92 Å². The van der Waals surface area contributed by atoms with Crippen LogP contribution < -0.4 is 14.8 Å². The average molecular weight is 608 g/mol. The third kappa shape index (κ3) is 6.82. The molecule has 3 aromatic rings. The summed E-state index contributed by atoms with van der Waals surface area (Å²) >= 11 is 5.07. The molecule has 3 atom stereocenters. The summed E-state index contributed by atoms with van der Waals surface area (Å²) in [7, 11) is 0. The Balaban J connectivity index is 1.38. The molecule has 204 valence electrons. The number of hydrogen-bond acceptors (Lipinski definition) is 5. The summed E-state index contributed by atoms with van der Waals surface area (Å²) in [6, 6.07) is 24.3. The van der Waals surface area contributed by atoms with Crippen molar-refractivity contribution in [1.29, 1.82) is 0 Å². The Morgan fingerprint density at radius 1 is 1.00 bits per heavy atom. The van der Waals surface area contributed by atoms with Crippen LogP contribution in [-0.2, 0) is 11.4 Å². The number of thioether (sulfide) groups is 1. The Kier molecular flexibility index (Phi) is 9.20. The summed E-state index contributed by atoms with van der Waals surface area (Å²) in [4.78, 5) is 16.7. The molecule has 1 unspecified atom stereocenters. The molecule has 2 aliphatic rings. The van der Waals surface area contributed by atoms with Crippen LogP contribution in [-0.4, -0.2) is 29.0 Å². The summed E-state index contributed by atoms with van der Waals surface area (Å²) in [6.07, 6.45) is 6.60. The van der Waals surface area contributed by atoms with Gasteiger partial charge < -0.3 is 19.7 Å². The van der Waals surface area contributed by atoms with E-state index < -0.39 is 0 Å². The molecule has 1 heterocycles. The van der Waals surface area contributed by atoms with E-state index in [-0.39, 0.29) is 17.4 Å². The Labute approximate surface area is 244 Å². The van der Waals surface area contributed by atoms with Crippen molar-refractivity contribution in [2.75, 3.05) is 11.9 Å². The molecule has 1 aliphatic heterocycles. The largest absolute Gasteiger partial charge is 0.490 e. The third-order valence-electron chi connectivity index (χ3n) is 7.30. The van der Waals surface area contributed by atoms with Gasteiger partial charge in [0.15, 0.2) is 17.0 Å². The van der Waals surface area contributed by atoms with Crippen molar-refractivity contribution >= 4 is 45.4 Å². The van der Waals surface area contributed by atoms with Crippen LogP contribution in [0.15, 0.2) is 82.2 Å². The van der Waals surface area contributed by atoms with Gasteiger partial charge in [-0.3, -0.25) is 4.79 Å². The molecule has 0 bridgehead atoms. The van der Waals surface area contributed by atoms with Crippen molar-refractivity contribution in [3.8, 4) is 11.5 Å². The lowest BCUT2D eigenvalue weighted by molar-refractivity contribution is -0.129. The molecule has 5 rings (SSSR count). The summed E-state index contributed by atoms with van der Waals surface area (Å²) < 4.78 is 13.1. The highest BCUT2D eigenvalue weighted by molar-refractivity contribution is 9.10. The second kappa shape index (κ2) is 13.0. The minimum atomic E-state index is -0.142. The van der Waals surface area contributed by atoms with Gasteiger partial charge in [0.2, 0.25) is 0 Å². The van der Waals surface area contributed by atoms with Crippen molar-refractivity contribution in [3.63, 3.8) is 0 Å². The van der Waals surface area contributed by atoms with Crippen LogP contribution in [0.25, 0.3) is 6.08 Å². The number of ether oxygens (including phenoxy) is 2. The number of carbonyl (C=O) groups excluding carboxylic acids is 1. The van der Waals surface area contributed by atoms with Crippen LogP contribution in [0, 0.1) is 5.92 Å². The van der Waals surface area contributed by atoms with Gasteiger partial charge in [-0.2, -0.15) is 0 Å². The molecule has 0 radical (unpaired) electrons. The molecule has 2 fully saturated rings. The van der Waals surface area contributed by atoms with E-state index in [4.69, 9.17) is 9.47 Å². The quantitative estimate of drug-likeness (QED) is 0.248. The van der Waals surface area contributed by atoms with Gasteiger partial charge in [0.25, 0.3) is 5.91 Å². The number of nitrogens with one attached hydrogen (secondary N) is 1. The molecule has 1 aliphatic carbocycles. The molecule has 1 N–H and O–H groups in total. The second-order valence-electron chi connectivity index (χ2n) is 10.1. The summed E-state index contributed by atoms with van der Waals surface area (Å²) in [6.45, 7) is 5.22. The van der Waals surface area contributed by atoms with Crippen molar-refractivity contribution in [2.45, 2.75) is 57.7 Å². The lowest BCUT2D eigenvalue weighted by Gasteiger charge is -2.39. The number of anilines is 1. The summed E-state index contributed by atoms with van der Waals surface area (Å²) in [5.74, 6) is 1.94. The van der Waals surface area contributed by atoms with Gasteiger partial charge in [0, 0.05) is 16.2 Å². The Morgan fingerprint density at radius 2 is 1.77 bits per heavy atom. The zero-order valence-corrected chi connectivity index (χ0v) is 24.8. The van der Waals surface area contributed by atoms with E-state index in [0.717, 1.165) is 39.0 Å². The fourth-order valence-electron chi connectivity index (χ4n) is 5.26. The predicted molar refractivity (Wildman–Crippen MR) is 164 cm³/mol.